The van der Waals surface area contributed by atoms with E-state index >= 15 is 0 Å². The molecule has 1 fully saturated rings. The summed E-state index contributed by atoms with van der Waals surface area (Å²) in [5.74, 6) is -1.85. The highest BCUT2D eigenvalue weighted by Gasteiger charge is 2.48. The maximum absolute atomic E-state index is 14.2. The van der Waals surface area contributed by atoms with Gasteiger partial charge in [0.1, 0.15) is 5.76 Å². The Morgan fingerprint density at radius 2 is 1.59 bits per heavy atom. The molecule has 12 heteroatoms. The molecule has 2 aliphatic heterocycles. The molecule has 2 amide bonds. The van der Waals surface area contributed by atoms with Crippen LogP contribution in [0.5, 0.6) is 0 Å². The molecule has 49 heavy (non-hydrogen) atoms. The van der Waals surface area contributed by atoms with Crippen LogP contribution in [0.3, 0.4) is 0 Å². The van der Waals surface area contributed by atoms with E-state index in [0.717, 1.165) is 41.9 Å². The highest BCUT2D eigenvalue weighted by Crippen LogP contribution is 2.53. The lowest BCUT2D eigenvalue weighted by Gasteiger charge is -2.31. The zero-order valence-corrected chi connectivity index (χ0v) is 30.7. The Hall–Kier alpha value is -4.03. The molecule has 5 rings (SSSR count). The minimum atomic E-state index is -4.14. The second-order valence-electron chi connectivity index (χ2n) is 14.7. The number of benzene rings is 1. The van der Waals surface area contributed by atoms with Gasteiger partial charge in [-0.2, -0.15) is 8.42 Å². The van der Waals surface area contributed by atoms with Crippen LogP contribution in [0.4, 0.5) is 11.4 Å². The zero-order chi connectivity index (χ0) is 36.4. The lowest BCUT2D eigenvalue weighted by Crippen LogP contribution is -2.39. The second-order valence-corrected chi connectivity index (χ2v) is 16.3. The van der Waals surface area contributed by atoms with E-state index in [-0.39, 0.29) is 52.4 Å². The van der Waals surface area contributed by atoms with E-state index in [1.165, 1.54) is 13.8 Å². The first-order valence-corrected chi connectivity index (χ1v) is 18.5. The molecule has 0 bridgehead atoms. The standard InChI is InChI=1S/C37H48N4O7S/c1-10-11-13-40-20(2)36(6,7)26-16-24(28(18-30(26)40)38-22(4)42)32-34(44)33(35(32)45)25-17-27-31(19-29(25)39-23(5)43)41(21(3)37(27,8)9)14-12-15-49(46,47)48/h16-21,44H,10-15H2,1-9H3,(H,38,42)(H,46,47,48). The maximum Gasteiger partial charge on any atom is 0.264 e. The number of nitrogens with one attached hydrogen (secondary N) is 1. The minimum absolute atomic E-state index is 0.0394. The molecule has 2 atom stereocenters. The Morgan fingerprint density at radius 3 is 2.16 bits per heavy atom. The Morgan fingerprint density at radius 1 is 0.959 bits per heavy atom. The van der Waals surface area contributed by atoms with Crippen molar-refractivity contribution in [1.29, 1.82) is 0 Å². The van der Waals surface area contributed by atoms with E-state index in [2.05, 4.69) is 42.9 Å². The average molecular weight is 693 g/mol. The fraction of sp³-hybridized carbons (Fsp3) is 0.514. The molecular weight excluding hydrogens is 644 g/mol. The number of rotatable bonds is 9. The number of Topliss-reactive ketones (excluding diaryl/α,β-unsaturated/α-hetero) is 1. The van der Waals surface area contributed by atoms with E-state index in [9.17, 15) is 32.5 Å². The van der Waals surface area contributed by atoms with Crippen LogP contribution < -0.4 is 10.2 Å². The number of hydrogen-bond donors (Lipinski definition) is 3. The third-order valence-electron chi connectivity index (χ3n) is 10.9. The first-order valence-electron chi connectivity index (χ1n) is 16.9. The van der Waals surface area contributed by atoms with Gasteiger partial charge in [0, 0.05) is 72.4 Å². The summed E-state index contributed by atoms with van der Waals surface area (Å²) in [7, 11) is -4.14. The summed E-state index contributed by atoms with van der Waals surface area (Å²) in [6.45, 7) is 18.6. The third kappa shape index (κ3) is 6.29. The molecular formula is C37H48N4O7S. The van der Waals surface area contributed by atoms with Crippen LogP contribution in [-0.2, 0) is 29.9 Å². The topological polar surface area (TPSA) is 157 Å². The number of amides is 2. The average Bonchev–Trinajstić information content (AvgIpc) is 3.28. The fourth-order valence-electron chi connectivity index (χ4n) is 7.56. The van der Waals surface area contributed by atoms with Crippen molar-refractivity contribution in [3.05, 3.63) is 63.6 Å². The fourth-order valence-corrected chi connectivity index (χ4v) is 8.05. The first kappa shape index (κ1) is 36.3. The summed E-state index contributed by atoms with van der Waals surface area (Å²) in [5, 5.41) is 14.6. The van der Waals surface area contributed by atoms with Gasteiger partial charge in [0.05, 0.1) is 28.3 Å². The summed E-state index contributed by atoms with van der Waals surface area (Å²) in [4.78, 5) is 47.5. The highest BCUT2D eigenvalue weighted by molar-refractivity contribution is 7.85. The normalized spacial score (nSPS) is 24.9. The van der Waals surface area contributed by atoms with Crippen molar-refractivity contribution in [2.75, 3.05) is 29.1 Å². The summed E-state index contributed by atoms with van der Waals surface area (Å²) in [6, 6.07) is 3.89. The van der Waals surface area contributed by atoms with Crippen molar-refractivity contribution in [3.63, 3.8) is 0 Å². The number of aliphatic hydroxyl groups is 1. The van der Waals surface area contributed by atoms with E-state index in [4.69, 9.17) is 0 Å². The van der Waals surface area contributed by atoms with E-state index in [1.807, 2.05) is 37.8 Å². The summed E-state index contributed by atoms with van der Waals surface area (Å²) >= 11 is 0. The SMILES string of the molecule is CCCCN1c2cc(NC(C)=O)c(C3=C(O)C(=C4C=C5C(=CC4=NC(C)=O)N(CCCS(=O)(=O)O)C(C)C5(C)C)C3=O)cc2C(C)(C)C1C. The van der Waals surface area contributed by atoms with Crippen molar-refractivity contribution in [2.45, 2.75) is 99.1 Å². The van der Waals surface area contributed by atoms with E-state index in [1.54, 1.807) is 12.2 Å². The number of aliphatic imine (C=N–C) groups is 1. The van der Waals surface area contributed by atoms with Gasteiger partial charge >= 0.3 is 0 Å². The molecule has 1 aromatic rings. The third-order valence-corrected chi connectivity index (χ3v) is 11.7. The zero-order valence-electron chi connectivity index (χ0n) is 29.9. The Balaban J connectivity index is 1.66. The highest BCUT2D eigenvalue weighted by atomic mass is 32.2. The predicted octanol–water partition coefficient (Wildman–Crippen LogP) is 5.90. The van der Waals surface area contributed by atoms with Crippen LogP contribution >= 0.6 is 0 Å². The molecule has 1 saturated heterocycles. The van der Waals surface area contributed by atoms with Gasteiger partial charge < -0.3 is 20.2 Å². The number of carbonyl (C=O) groups excluding carboxylic acids is 3. The molecule has 4 aliphatic rings. The molecule has 2 unspecified atom stereocenters. The number of anilines is 2. The van der Waals surface area contributed by atoms with Gasteiger partial charge in [-0.3, -0.25) is 18.9 Å². The number of carbonyl (C=O) groups is 3. The molecule has 2 aliphatic carbocycles. The summed E-state index contributed by atoms with van der Waals surface area (Å²) in [6.07, 6.45) is 5.73. The minimum Gasteiger partial charge on any atom is -0.506 e. The van der Waals surface area contributed by atoms with Gasteiger partial charge in [-0.25, -0.2) is 4.99 Å². The Labute approximate surface area is 289 Å². The predicted molar refractivity (Wildman–Crippen MR) is 192 cm³/mol. The van der Waals surface area contributed by atoms with Gasteiger partial charge in [0.2, 0.25) is 17.6 Å². The Kier molecular flexibility index (Phi) is 9.39. The van der Waals surface area contributed by atoms with E-state index < -0.39 is 33.0 Å². The number of allylic oxidation sites excluding steroid dienone is 6. The number of hydrogen-bond acceptors (Lipinski definition) is 8. The molecule has 264 valence electrons. The van der Waals surface area contributed by atoms with Gasteiger partial charge in [0.25, 0.3) is 10.1 Å². The van der Waals surface area contributed by atoms with Crippen LogP contribution in [0.25, 0.3) is 5.57 Å². The quantitative estimate of drug-likeness (QED) is 0.212. The van der Waals surface area contributed by atoms with Crippen molar-refractivity contribution >= 4 is 50.4 Å². The summed E-state index contributed by atoms with van der Waals surface area (Å²) < 4.78 is 32.1. The molecule has 0 saturated carbocycles. The molecule has 11 nitrogen and oxygen atoms in total. The monoisotopic (exact) mass is 692 g/mol. The van der Waals surface area contributed by atoms with Gasteiger partial charge in [-0.05, 0) is 62.1 Å². The van der Waals surface area contributed by atoms with Crippen molar-refractivity contribution in [3.8, 4) is 0 Å². The lowest BCUT2D eigenvalue weighted by atomic mass is 9.73. The van der Waals surface area contributed by atoms with Crippen LogP contribution in [0.15, 0.2) is 57.5 Å². The largest absolute Gasteiger partial charge is 0.506 e. The number of aliphatic hydroxyl groups excluding tert-OH is 1. The number of unbranched alkanes of at least 4 members (excludes halogenated alkanes) is 1. The smallest absolute Gasteiger partial charge is 0.264 e. The van der Waals surface area contributed by atoms with Crippen LogP contribution in [0, 0.1) is 5.41 Å². The number of fused-ring (bicyclic) bond motifs is 2. The molecule has 3 N–H and O–H groups in total. The van der Waals surface area contributed by atoms with E-state index in [0.29, 0.717) is 23.4 Å². The molecule has 0 spiro atoms. The van der Waals surface area contributed by atoms with Gasteiger partial charge in [-0.15, -0.1) is 0 Å². The lowest BCUT2D eigenvalue weighted by molar-refractivity contribution is -0.116. The van der Waals surface area contributed by atoms with Crippen molar-refractivity contribution in [2.24, 2.45) is 10.4 Å². The first-order chi connectivity index (χ1) is 22.7. The second kappa shape index (κ2) is 12.7. The molecule has 2 heterocycles. The Bertz CT molecular complexity index is 1910. The number of nitrogens with zero attached hydrogens (tertiary/aromatic N) is 3. The van der Waals surface area contributed by atoms with Crippen LogP contribution in [-0.4, -0.2) is 77.2 Å². The maximum atomic E-state index is 14.2. The summed E-state index contributed by atoms with van der Waals surface area (Å²) in [5.41, 5.74) is 4.40. The van der Waals surface area contributed by atoms with Gasteiger partial charge in [0.15, 0.2) is 0 Å². The molecule has 1 aromatic carbocycles. The van der Waals surface area contributed by atoms with Crippen molar-refractivity contribution in [1.82, 2.24) is 4.90 Å². The van der Waals surface area contributed by atoms with Crippen molar-refractivity contribution < 1.29 is 32.5 Å². The van der Waals surface area contributed by atoms with Crippen LogP contribution in [0.2, 0.25) is 0 Å². The van der Waals surface area contributed by atoms with Crippen LogP contribution in [0.1, 0.15) is 92.7 Å². The van der Waals surface area contributed by atoms with Gasteiger partial charge in [-0.1, -0.05) is 41.0 Å². The molecule has 0 radical (unpaired) electrons. The molecule has 0 aromatic heterocycles. The number of likely N-dealkylation sites (tertiary alicyclic amines) is 1. The number of ketones is 1.